The number of nitrogens with zero attached hydrogens (tertiary/aromatic N) is 4. The van der Waals surface area contributed by atoms with Gasteiger partial charge in [-0.2, -0.15) is 0 Å². The standard InChI is InChI=1S/C13H17N5O2/c1-17(13-16-15-12(14)18(13)2)7-6-9-4-3-5-10-11(9)20-8-19-10/h3-5H,6-8H2,1-2H3,(H2,14,15)/p+1. The van der Waals surface area contributed by atoms with Crippen LogP contribution in [0.1, 0.15) is 5.56 Å². The van der Waals surface area contributed by atoms with Gasteiger partial charge in [-0.05, 0) is 18.6 Å². The van der Waals surface area contributed by atoms with Crippen molar-refractivity contribution in [3.05, 3.63) is 23.8 Å². The molecule has 1 aromatic heterocycles. The van der Waals surface area contributed by atoms with Crippen molar-refractivity contribution in [3.8, 4) is 11.5 Å². The first kappa shape index (κ1) is 12.6. The zero-order chi connectivity index (χ0) is 14.1. The number of benzene rings is 1. The van der Waals surface area contributed by atoms with Crippen LogP contribution in [0, 0.1) is 0 Å². The fraction of sp³-hybridized carbons (Fsp3) is 0.385. The van der Waals surface area contributed by atoms with Crippen molar-refractivity contribution in [3.63, 3.8) is 0 Å². The maximum absolute atomic E-state index is 5.69. The van der Waals surface area contributed by atoms with E-state index in [-0.39, 0.29) is 0 Å². The first-order chi connectivity index (χ1) is 9.66. The van der Waals surface area contributed by atoms with Gasteiger partial charge in [-0.1, -0.05) is 6.07 Å². The Morgan fingerprint density at radius 1 is 1.45 bits per heavy atom. The molecule has 0 unspecified atom stereocenters. The SMILES string of the molecule is CN(CCc1cccc2c1[OH+]CO2)c1nnc(N)n1C. The fourth-order valence-electron chi connectivity index (χ4n) is 2.28. The van der Waals surface area contributed by atoms with Crippen LogP contribution in [0.15, 0.2) is 18.2 Å². The molecule has 0 saturated heterocycles. The van der Waals surface area contributed by atoms with Gasteiger partial charge in [0, 0.05) is 20.6 Å². The van der Waals surface area contributed by atoms with Crippen LogP contribution < -0.4 is 15.4 Å². The van der Waals surface area contributed by atoms with E-state index in [4.69, 9.17) is 10.5 Å². The number of hydrogen-bond donors (Lipinski definition) is 1. The van der Waals surface area contributed by atoms with Crippen LogP contribution in [0.2, 0.25) is 0 Å². The molecule has 1 aliphatic rings. The molecular weight excluding hydrogens is 258 g/mol. The molecule has 7 heteroatoms. The first-order valence-electron chi connectivity index (χ1n) is 6.45. The zero-order valence-corrected chi connectivity index (χ0v) is 11.6. The molecule has 0 spiro atoms. The number of aromatic nitrogens is 3. The lowest BCUT2D eigenvalue weighted by molar-refractivity contribution is 0.00172. The van der Waals surface area contributed by atoms with Gasteiger partial charge in [0.25, 0.3) is 0 Å². The van der Waals surface area contributed by atoms with Gasteiger partial charge in [-0.3, -0.25) is 4.57 Å². The molecule has 2 aromatic rings. The molecule has 0 saturated carbocycles. The van der Waals surface area contributed by atoms with Crippen LogP contribution in [0.5, 0.6) is 11.5 Å². The second-order valence-corrected chi connectivity index (χ2v) is 4.78. The molecular formula is C13H18N5O2+. The van der Waals surface area contributed by atoms with Crippen LogP contribution in [-0.4, -0.2) is 39.9 Å². The zero-order valence-electron chi connectivity index (χ0n) is 11.6. The highest BCUT2D eigenvalue weighted by atomic mass is 16.7. The van der Waals surface area contributed by atoms with E-state index in [1.807, 2.05) is 31.1 Å². The number of ether oxygens (including phenoxy) is 2. The minimum absolute atomic E-state index is 0.413. The monoisotopic (exact) mass is 276 g/mol. The van der Waals surface area contributed by atoms with E-state index in [2.05, 4.69) is 21.0 Å². The van der Waals surface area contributed by atoms with Crippen LogP contribution in [0.4, 0.5) is 11.9 Å². The molecule has 3 N–H and O–H groups in total. The lowest BCUT2D eigenvalue weighted by atomic mass is 10.1. The van der Waals surface area contributed by atoms with E-state index in [0.29, 0.717) is 12.7 Å². The number of hydrogen-bond acceptors (Lipinski definition) is 5. The van der Waals surface area contributed by atoms with Crippen molar-refractivity contribution in [2.24, 2.45) is 7.05 Å². The maximum Gasteiger partial charge on any atom is 0.327 e. The van der Waals surface area contributed by atoms with Gasteiger partial charge < -0.3 is 20.1 Å². The second-order valence-electron chi connectivity index (χ2n) is 4.78. The summed E-state index contributed by atoms with van der Waals surface area (Å²) in [5.74, 6) is 3.01. The molecule has 20 heavy (non-hydrogen) atoms. The average Bonchev–Trinajstić information content (AvgIpc) is 3.04. The lowest BCUT2D eigenvalue weighted by Gasteiger charge is -2.17. The minimum Gasteiger partial charge on any atom is -0.551 e. The summed E-state index contributed by atoms with van der Waals surface area (Å²) in [6, 6.07) is 6.02. The van der Waals surface area contributed by atoms with Gasteiger partial charge in [0.15, 0.2) is 0 Å². The number of fused-ring (bicyclic) bond motifs is 1. The second kappa shape index (κ2) is 4.92. The quantitative estimate of drug-likeness (QED) is 0.830. The average molecular weight is 276 g/mol. The summed E-state index contributed by atoms with van der Waals surface area (Å²) in [6.07, 6.45) is 0.860. The number of nitrogens with two attached hydrogens (primary N) is 1. The van der Waals surface area contributed by atoms with Crippen molar-refractivity contribution in [1.29, 1.82) is 0 Å². The van der Waals surface area contributed by atoms with E-state index in [1.165, 1.54) is 5.56 Å². The molecule has 3 rings (SSSR count). The summed E-state index contributed by atoms with van der Waals surface area (Å²) in [5, 5.41) is 7.93. The highest BCUT2D eigenvalue weighted by Gasteiger charge is 2.22. The Bertz CT molecular complexity index is 625. The summed E-state index contributed by atoms with van der Waals surface area (Å²) in [6.45, 7) is 1.22. The third kappa shape index (κ3) is 2.11. The Hall–Kier alpha value is -2.44. The summed E-state index contributed by atoms with van der Waals surface area (Å²) >= 11 is 0. The van der Waals surface area contributed by atoms with Gasteiger partial charge in [0.1, 0.15) is 0 Å². The van der Waals surface area contributed by atoms with Gasteiger partial charge >= 0.3 is 12.5 Å². The molecule has 0 radical (unpaired) electrons. The molecule has 106 valence electrons. The van der Waals surface area contributed by atoms with E-state index < -0.39 is 0 Å². The number of nitrogen functional groups attached to an aromatic ring is 1. The van der Waals surface area contributed by atoms with E-state index in [9.17, 15) is 0 Å². The molecule has 1 aromatic carbocycles. The predicted octanol–water partition coefficient (Wildman–Crippen LogP) is 0.667. The van der Waals surface area contributed by atoms with E-state index in [0.717, 1.165) is 30.4 Å². The van der Waals surface area contributed by atoms with Crippen LogP contribution in [0.25, 0.3) is 0 Å². The number of aromatic hydroxyl groups is 1. The van der Waals surface area contributed by atoms with Gasteiger partial charge in [0.2, 0.25) is 17.6 Å². The van der Waals surface area contributed by atoms with Crippen LogP contribution >= 0.6 is 0 Å². The van der Waals surface area contributed by atoms with Crippen LogP contribution in [-0.2, 0) is 13.5 Å². The smallest absolute Gasteiger partial charge is 0.327 e. The van der Waals surface area contributed by atoms with E-state index in [1.54, 1.807) is 4.57 Å². The van der Waals surface area contributed by atoms with Crippen molar-refractivity contribution in [2.45, 2.75) is 6.42 Å². The Morgan fingerprint density at radius 3 is 3.05 bits per heavy atom. The third-order valence-corrected chi connectivity index (χ3v) is 3.47. The van der Waals surface area contributed by atoms with Gasteiger partial charge in [-0.15, -0.1) is 10.2 Å². The number of rotatable bonds is 4. The number of anilines is 2. The van der Waals surface area contributed by atoms with Gasteiger partial charge in [0.05, 0.1) is 5.56 Å². The molecule has 0 aliphatic carbocycles. The lowest BCUT2D eigenvalue weighted by Crippen LogP contribution is -2.23. The Labute approximate surface area is 116 Å². The number of aliphatic hydroxyl groups is 1. The van der Waals surface area contributed by atoms with Crippen LogP contribution in [0.3, 0.4) is 0 Å². The summed E-state index contributed by atoms with van der Waals surface area (Å²) < 4.78 is 11.6. The van der Waals surface area contributed by atoms with E-state index >= 15 is 0 Å². The normalized spacial score (nSPS) is 12.7. The fourth-order valence-corrected chi connectivity index (χ4v) is 2.28. The molecule has 7 nitrogen and oxygen atoms in total. The number of likely N-dealkylation sites (N-methyl/N-ethyl adjacent to an activating group) is 1. The predicted molar refractivity (Wildman–Crippen MR) is 76.0 cm³/mol. The largest absolute Gasteiger partial charge is 0.551 e. The third-order valence-electron chi connectivity index (χ3n) is 3.47. The molecule has 0 fully saturated rings. The molecule has 1 aliphatic heterocycles. The van der Waals surface area contributed by atoms with Crippen molar-refractivity contribution in [2.75, 3.05) is 31.0 Å². The van der Waals surface area contributed by atoms with Crippen molar-refractivity contribution in [1.82, 2.24) is 14.8 Å². The Kier molecular flexibility index (Phi) is 3.09. The highest BCUT2D eigenvalue weighted by Crippen LogP contribution is 2.36. The molecule has 2 heterocycles. The topological polar surface area (TPSA) is 82.0 Å². The Morgan fingerprint density at radius 2 is 2.30 bits per heavy atom. The van der Waals surface area contributed by atoms with Crippen molar-refractivity contribution < 1.29 is 9.47 Å². The first-order valence-corrected chi connectivity index (χ1v) is 6.45. The highest BCUT2D eigenvalue weighted by molar-refractivity contribution is 5.48. The van der Waals surface area contributed by atoms with Crippen molar-refractivity contribution >= 4 is 11.9 Å². The maximum atomic E-state index is 5.69. The number of para-hydroxylation sites is 1. The van der Waals surface area contributed by atoms with Gasteiger partial charge in [-0.25, -0.2) is 0 Å². The molecule has 0 bridgehead atoms. The summed E-state index contributed by atoms with van der Waals surface area (Å²) in [4.78, 5) is 2.03. The molecule has 0 atom stereocenters. The molecule has 0 amide bonds. The summed E-state index contributed by atoms with van der Waals surface area (Å²) in [7, 11) is 3.82. The minimum atomic E-state index is 0.413. The summed E-state index contributed by atoms with van der Waals surface area (Å²) in [5.41, 5.74) is 6.87. The Balaban J connectivity index is 1.71.